The van der Waals surface area contributed by atoms with Gasteiger partial charge < -0.3 is 18.8 Å². The number of nitrogens with zero attached hydrogens (tertiary/aromatic N) is 4. The van der Waals surface area contributed by atoms with Crippen molar-refractivity contribution in [2.75, 3.05) is 24.5 Å². The Labute approximate surface area is 168 Å². The lowest BCUT2D eigenvalue weighted by Gasteiger charge is -2.16. The van der Waals surface area contributed by atoms with Crippen LogP contribution in [0.3, 0.4) is 0 Å². The Hall–Kier alpha value is -3.60. The summed E-state index contributed by atoms with van der Waals surface area (Å²) in [5, 5.41) is 18.9. The molecule has 11 heteroatoms. The fourth-order valence-electron chi connectivity index (χ4n) is 2.58. The first kappa shape index (κ1) is 18.7. The number of nitro groups is 1. The van der Waals surface area contributed by atoms with E-state index in [0.717, 1.165) is 11.8 Å². The number of benzene rings is 2. The molecule has 1 aliphatic rings. The van der Waals surface area contributed by atoms with E-state index in [-0.39, 0.29) is 29.4 Å². The van der Waals surface area contributed by atoms with Crippen LogP contribution < -0.4 is 14.4 Å². The number of nitro benzene ring substituents is 1. The second kappa shape index (κ2) is 7.80. The average Bonchev–Trinajstić information content (AvgIpc) is 3.40. The molecule has 1 amide bonds. The number of anilines is 1. The molecule has 0 spiro atoms. The van der Waals surface area contributed by atoms with Gasteiger partial charge in [0.2, 0.25) is 18.6 Å². The van der Waals surface area contributed by atoms with Gasteiger partial charge in [-0.25, -0.2) is 0 Å². The SMILES string of the molecule is CN(C(=O)CSc1nnc(-c2ccc3c(c2)OCO3)o1)c1ccc([N+](=O)[O-])cc1. The van der Waals surface area contributed by atoms with Crippen LogP contribution in [0.1, 0.15) is 0 Å². The van der Waals surface area contributed by atoms with E-state index in [1.54, 1.807) is 25.2 Å². The second-order valence-corrected chi connectivity index (χ2v) is 6.88. The van der Waals surface area contributed by atoms with E-state index in [1.807, 2.05) is 0 Å². The molecule has 3 aromatic rings. The lowest BCUT2D eigenvalue weighted by atomic mass is 10.2. The lowest BCUT2D eigenvalue weighted by molar-refractivity contribution is -0.384. The van der Waals surface area contributed by atoms with Gasteiger partial charge in [-0.2, -0.15) is 0 Å². The number of hydrogen-bond donors (Lipinski definition) is 0. The van der Waals surface area contributed by atoms with E-state index in [4.69, 9.17) is 13.9 Å². The summed E-state index contributed by atoms with van der Waals surface area (Å²) in [5.41, 5.74) is 1.20. The van der Waals surface area contributed by atoms with Crippen molar-refractivity contribution in [2.45, 2.75) is 5.22 Å². The first-order valence-electron chi connectivity index (χ1n) is 8.38. The first-order valence-corrected chi connectivity index (χ1v) is 9.37. The van der Waals surface area contributed by atoms with E-state index >= 15 is 0 Å². The van der Waals surface area contributed by atoms with E-state index in [9.17, 15) is 14.9 Å². The molecule has 0 saturated carbocycles. The van der Waals surface area contributed by atoms with Crippen molar-refractivity contribution in [1.29, 1.82) is 0 Å². The smallest absolute Gasteiger partial charge is 0.277 e. The van der Waals surface area contributed by atoms with Crippen LogP contribution in [0.5, 0.6) is 11.5 Å². The highest BCUT2D eigenvalue weighted by Gasteiger charge is 2.18. The summed E-state index contributed by atoms with van der Waals surface area (Å²) in [4.78, 5) is 24.0. The number of rotatable bonds is 6. The quantitative estimate of drug-likeness (QED) is 0.340. The maximum atomic E-state index is 12.4. The van der Waals surface area contributed by atoms with E-state index in [2.05, 4.69) is 10.2 Å². The van der Waals surface area contributed by atoms with Crippen molar-refractivity contribution >= 4 is 29.0 Å². The molecule has 0 N–H and O–H groups in total. The van der Waals surface area contributed by atoms with Gasteiger partial charge in [-0.3, -0.25) is 14.9 Å². The first-order chi connectivity index (χ1) is 14.0. The third kappa shape index (κ3) is 3.99. The van der Waals surface area contributed by atoms with Gasteiger partial charge in [-0.05, 0) is 30.3 Å². The van der Waals surface area contributed by atoms with E-state index in [0.29, 0.717) is 28.6 Å². The van der Waals surface area contributed by atoms with Gasteiger partial charge in [-0.1, -0.05) is 11.8 Å². The van der Waals surface area contributed by atoms with Crippen LogP contribution in [0, 0.1) is 10.1 Å². The normalized spacial score (nSPS) is 12.0. The molecule has 0 saturated heterocycles. The van der Waals surface area contributed by atoms with Crippen molar-refractivity contribution in [3.8, 4) is 23.0 Å². The fraction of sp³-hybridized carbons (Fsp3) is 0.167. The summed E-state index contributed by atoms with van der Waals surface area (Å²) in [6.45, 7) is 0.175. The highest BCUT2D eigenvalue weighted by atomic mass is 32.2. The van der Waals surface area contributed by atoms with Crippen molar-refractivity contribution in [3.05, 3.63) is 52.6 Å². The van der Waals surface area contributed by atoms with Gasteiger partial charge in [0.1, 0.15) is 0 Å². The maximum Gasteiger partial charge on any atom is 0.277 e. The van der Waals surface area contributed by atoms with Gasteiger partial charge in [0, 0.05) is 30.4 Å². The number of amides is 1. The molecule has 148 valence electrons. The third-order valence-corrected chi connectivity index (χ3v) is 4.97. The van der Waals surface area contributed by atoms with Gasteiger partial charge in [0.05, 0.1) is 10.7 Å². The Morgan fingerprint density at radius 2 is 1.93 bits per heavy atom. The molecule has 1 aromatic heterocycles. The average molecular weight is 414 g/mol. The third-order valence-electron chi connectivity index (χ3n) is 4.17. The summed E-state index contributed by atoms with van der Waals surface area (Å²) >= 11 is 1.10. The zero-order valence-electron chi connectivity index (χ0n) is 15.1. The molecular weight excluding hydrogens is 400 g/mol. The lowest BCUT2D eigenvalue weighted by Crippen LogP contribution is -2.27. The number of carbonyl (C=O) groups excluding carboxylic acids is 1. The summed E-state index contributed by atoms with van der Waals surface area (Å²) in [6.07, 6.45) is 0. The van der Waals surface area contributed by atoms with Crippen molar-refractivity contribution < 1.29 is 23.6 Å². The summed E-state index contributed by atoms with van der Waals surface area (Å²) < 4.78 is 16.2. The van der Waals surface area contributed by atoms with Crippen LogP contribution in [0.4, 0.5) is 11.4 Å². The Balaban J connectivity index is 1.38. The molecule has 2 heterocycles. The molecule has 2 aromatic carbocycles. The number of hydrogen-bond acceptors (Lipinski definition) is 9. The van der Waals surface area contributed by atoms with Gasteiger partial charge in [0.15, 0.2) is 11.5 Å². The second-order valence-electron chi connectivity index (χ2n) is 5.96. The van der Waals surface area contributed by atoms with Crippen LogP contribution in [0.15, 0.2) is 52.1 Å². The molecule has 0 bridgehead atoms. The molecule has 10 nitrogen and oxygen atoms in total. The Kier molecular flexibility index (Phi) is 5.04. The largest absolute Gasteiger partial charge is 0.454 e. The van der Waals surface area contributed by atoms with Crippen LogP contribution in [0.25, 0.3) is 11.5 Å². The van der Waals surface area contributed by atoms with E-state index in [1.165, 1.54) is 29.2 Å². The molecule has 0 aliphatic carbocycles. The Bertz CT molecular complexity index is 1070. The predicted molar refractivity (Wildman–Crippen MR) is 103 cm³/mol. The predicted octanol–water partition coefficient (Wildman–Crippen LogP) is 3.13. The minimum absolute atomic E-state index is 0.0362. The Morgan fingerprint density at radius 3 is 2.69 bits per heavy atom. The minimum atomic E-state index is -0.491. The van der Waals surface area contributed by atoms with Crippen LogP contribution in [-0.4, -0.2) is 40.6 Å². The molecular formula is C18H14N4O6S. The monoisotopic (exact) mass is 414 g/mol. The summed E-state index contributed by atoms with van der Waals surface area (Å²) in [5.74, 6) is 1.42. The molecule has 0 unspecified atom stereocenters. The van der Waals surface area contributed by atoms with Gasteiger partial charge in [0.25, 0.3) is 10.9 Å². The molecule has 0 atom stereocenters. The van der Waals surface area contributed by atoms with Gasteiger partial charge in [-0.15, -0.1) is 10.2 Å². The summed E-state index contributed by atoms with van der Waals surface area (Å²) in [7, 11) is 1.59. The number of fused-ring (bicyclic) bond motifs is 1. The molecule has 4 rings (SSSR count). The van der Waals surface area contributed by atoms with Crippen LogP contribution in [-0.2, 0) is 4.79 Å². The highest BCUT2D eigenvalue weighted by molar-refractivity contribution is 7.99. The minimum Gasteiger partial charge on any atom is -0.454 e. The fourth-order valence-corrected chi connectivity index (χ4v) is 3.25. The van der Waals surface area contributed by atoms with Gasteiger partial charge >= 0.3 is 0 Å². The molecule has 29 heavy (non-hydrogen) atoms. The molecule has 0 radical (unpaired) electrons. The number of aromatic nitrogens is 2. The van der Waals surface area contributed by atoms with Crippen LogP contribution in [0.2, 0.25) is 0 Å². The molecule has 0 fully saturated rings. The Morgan fingerprint density at radius 1 is 1.17 bits per heavy atom. The maximum absolute atomic E-state index is 12.4. The van der Waals surface area contributed by atoms with Crippen molar-refractivity contribution in [1.82, 2.24) is 10.2 Å². The number of carbonyl (C=O) groups is 1. The number of ether oxygens (including phenoxy) is 2. The number of non-ortho nitro benzene ring substituents is 1. The molecule has 1 aliphatic heterocycles. The van der Waals surface area contributed by atoms with E-state index < -0.39 is 4.92 Å². The zero-order valence-corrected chi connectivity index (χ0v) is 15.9. The van der Waals surface area contributed by atoms with Crippen molar-refractivity contribution in [3.63, 3.8) is 0 Å². The zero-order chi connectivity index (χ0) is 20.4. The highest BCUT2D eigenvalue weighted by Crippen LogP contribution is 2.36. The number of thioether (sulfide) groups is 1. The van der Waals surface area contributed by atoms with Crippen molar-refractivity contribution in [2.24, 2.45) is 0 Å². The topological polar surface area (TPSA) is 121 Å². The summed E-state index contributed by atoms with van der Waals surface area (Å²) in [6, 6.07) is 11.0. The van der Waals surface area contributed by atoms with Crippen LogP contribution >= 0.6 is 11.8 Å². The standard InChI is InChI=1S/C18H14N4O6S/c1-21(12-3-5-13(6-4-12)22(24)25)16(23)9-29-18-20-19-17(28-18)11-2-7-14-15(8-11)27-10-26-14/h2-8H,9-10H2,1H3.